The lowest BCUT2D eigenvalue weighted by molar-refractivity contribution is -0.144. The zero-order valence-corrected chi connectivity index (χ0v) is 21.4. The van der Waals surface area contributed by atoms with Crippen LogP contribution in [0, 0.1) is 0 Å². The van der Waals surface area contributed by atoms with E-state index in [9.17, 15) is 9.90 Å². The minimum atomic E-state index is -0.764. The van der Waals surface area contributed by atoms with E-state index in [0.717, 1.165) is 63.2 Å². The number of carbonyl (C=O) groups is 1. The maximum atomic E-state index is 12.2. The summed E-state index contributed by atoms with van der Waals surface area (Å²) < 4.78 is 6.13. The normalized spacial score (nSPS) is 19.9. The van der Waals surface area contributed by atoms with E-state index in [1.54, 1.807) is 12.1 Å². The van der Waals surface area contributed by atoms with Gasteiger partial charge in [0.1, 0.15) is 17.9 Å². The average molecular weight is 505 g/mol. The van der Waals surface area contributed by atoms with Gasteiger partial charge in [-0.3, -0.25) is 9.69 Å². The molecule has 2 fully saturated rings. The number of aliphatic carboxylic acids is 1. The number of ether oxygens (including phenoxy) is 1. The largest absolute Gasteiger partial charge is 0.490 e. The zero-order chi connectivity index (χ0) is 24.2. The molecular formula is C27H34Cl2N2O3. The average Bonchev–Trinajstić information content (AvgIpc) is 2.82. The third-order valence-corrected chi connectivity index (χ3v) is 7.92. The van der Waals surface area contributed by atoms with Crippen LogP contribution >= 0.6 is 23.2 Å². The number of hydrogen-bond acceptors (Lipinski definition) is 4. The minimum absolute atomic E-state index is 0.179. The van der Waals surface area contributed by atoms with Crippen LogP contribution in [0.4, 0.5) is 0 Å². The van der Waals surface area contributed by atoms with Crippen LogP contribution in [0.25, 0.3) is 0 Å². The van der Waals surface area contributed by atoms with E-state index in [1.165, 1.54) is 5.56 Å². The number of nitrogens with zero attached hydrogens (tertiary/aromatic N) is 2. The first-order valence-corrected chi connectivity index (χ1v) is 13.0. The predicted octanol–water partition coefficient (Wildman–Crippen LogP) is 6.25. The fourth-order valence-electron chi connectivity index (χ4n) is 5.21. The monoisotopic (exact) mass is 504 g/mol. The minimum Gasteiger partial charge on any atom is -0.490 e. The molecule has 184 valence electrons. The van der Waals surface area contributed by atoms with E-state index in [2.05, 4.69) is 35.8 Å². The first-order valence-electron chi connectivity index (χ1n) is 12.2. The first-order chi connectivity index (χ1) is 16.3. The molecular weight excluding hydrogens is 471 g/mol. The molecule has 2 saturated heterocycles. The molecule has 1 atom stereocenters. The maximum absolute atomic E-state index is 12.2. The Bertz CT molecular complexity index is 984. The van der Waals surface area contributed by atoms with Crippen LogP contribution in [0.15, 0.2) is 42.5 Å². The molecule has 0 amide bonds. The van der Waals surface area contributed by atoms with Gasteiger partial charge in [0.25, 0.3) is 0 Å². The van der Waals surface area contributed by atoms with Gasteiger partial charge >= 0.3 is 5.97 Å². The summed E-state index contributed by atoms with van der Waals surface area (Å²) in [6.45, 7) is 7.86. The molecule has 0 radical (unpaired) electrons. The maximum Gasteiger partial charge on any atom is 0.325 e. The van der Waals surface area contributed by atoms with E-state index >= 15 is 0 Å². The third kappa shape index (κ3) is 6.06. The Labute approximate surface area is 212 Å². The third-order valence-electron chi connectivity index (χ3n) is 7.18. The first kappa shape index (κ1) is 25.3. The molecule has 0 spiro atoms. The van der Waals surface area contributed by atoms with E-state index in [-0.39, 0.29) is 6.10 Å². The van der Waals surface area contributed by atoms with E-state index < -0.39 is 12.0 Å². The Morgan fingerprint density at radius 1 is 0.941 bits per heavy atom. The second-order valence-corrected chi connectivity index (χ2v) is 10.6. The Morgan fingerprint density at radius 3 is 2.24 bits per heavy atom. The lowest BCUT2D eigenvalue weighted by atomic mass is 9.94. The number of benzene rings is 2. The highest BCUT2D eigenvalue weighted by molar-refractivity contribution is 6.42. The number of halogens is 2. The van der Waals surface area contributed by atoms with Crippen molar-refractivity contribution in [2.24, 2.45) is 0 Å². The van der Waals surface area contributed by atoms with Crippen molar-refractivity contribution < 1.29 is 14.6 Å². The number of carboxylic acids is 1. The molecule has 2 aliphatic rings. The SMILES string of the molecule is CC(C)c1cccc(C(C(=O)O)N2CCC(N3CCC(Oc4ccc(Cl)c(Cl)c4)CC3)CC2)c1. The second kappa shape index (κ2) is 11.3. The highest BCUT2D eigenvalue weighted by Crippen LogP contribution is 2.31. The van der Waals surface area contributed by atoms with Gasteiger partial charge in [0.05, 0.1) is 10.0 Å². The van der Waals surface area contributed by atoms with Gasteiger partial charge < -0.3 is 14.7 Å². The Morgan fingerprint density at radius 2 is 1.62 bits per heavy atom. The number of piperidine rings is 2. The van der Waals surface area contributed by atoms with Gasteiger partial charge in [0, 0.05) is 38.3 Å². The summed E-state index contributed by atoms with van der Waals surface area (Å²) in [5, 5.41) is 11.1. The molecule has 34 heavy (non-hydrogen) atoms. The molecule has 1 N–H and O–H groups in total. The van der Waals surface area contributed by atoms with Crippen molar-refractivity contribution in [2.45, 2.75) is 63.6 Å². The summed E-state index contributed by atoms with van der Waals surface area (Å²) in [6.07, 6.45) is 4.11. The van der Waals surface area contributed by atoms with Crippen LogP contribution < -0.4 is 4.74 Å². The molecule has 7 heteroatoms. The molecule has 2 aromatic carbocycles. The highest BCUT2D eigenvalue weighted by atomic mass is 35.5. The quantitative estimate of drug-likeness (QED) is 0.482. The zero-order valence-electron chi connectivity index (χ0n) is 19.9. The summed E-state index contributed by atoms with van der Waals surface area (Å²) >= 11 is 12.1. The van der Waals surface area contributed by atoms with Gasteiger partial charge in [-0.15, -0.1) is 0 Å². The molecule has 1 unspecified atom stereocenters. The predicted molar refractivity (Wildman–Crippen MR) is 137 cm³/mol. The lowest BCUT2D eigenvalue weighted by Crippen LogP contribution is -2.50. The van der Waals surface area contributed by atoms with Crippen molar-refractivity contribution >= 4 is 29.2 Å². The van der Waals surface area contributed by atoms with Crippen molar-refractivity contribution in [3.8, 4) is 5.75 Å². The number of rotatable bonds is 7. The Kier molecular flexibility index (Phi) is 8.41. The van der Waals surface area contributed by atoms with Crippen molar-refractivity contribution in [3.05, 3.63) is 63.6 Å². The smallest absolute Gasteiger partial charge is 0.325 e. The van der Waals surface area contributed by atoms with Crippen LogP contribution in [0.3, 0.4) is 0 Å². The van der Waals surface area contributed by atoms with Crippen LogP contribution in [0.2, 0.25) is 10.0 Å². The van der Waals surface area contributed by atoms with Crippen LogP contribution in [0.5, 0.6) is 5.75 Å². The Hall–Kier alpha value is -1.79. The molecule has 0 aliphatic carbocycles. The molecule has 2 aromatic rings. The fourth-order valence-corrected chi connectivity index (χ4v) is 5.50. The van der Waals surface area contributed by atoms with Gasteiger partial charge in [0.2, 0.25) is 0 Å². The lowest BCUT2D eigenvalue weighted by Gasteiger charge is -2.43. The number of carboxylic acid groups (broad SMARTS) is 1. The summed E-state index contributed by atoms with van der Waals surface area (Å²) in [4.78, 5) is 16.9. The summed E-state index contributed by atoms with van der Waals surface area (Å²) in [5.41, 5.74) is 2.07. The van der Waals surface area contributed by atoms with Gasteiger partial charge in [-0.2, -0.15) is 0 Å². The van der Waals surface area contributed by atoms with Gasteiger partial charge in [-0.05, 0) is 54.9 Å². The molecule has 2 heterocycles. The molecule has 2 aliphatic heterocycles. The molecule has 4 rings (SSSR count). The topological polar surface area (TPSA) is 53.0 Å². The molecule has 0 bridgehead atoms. The second-order valence-electron chi connectivity index (χ2n) is 9.76. The van der Waals surface area contributed by atoms with Crippen molar-refractivity contribution in [3.63, 3.8) is 0 Å². The number of likely N-dealkylation sites (tertiary alicyclic amines) is 2. The molecule has 0 aromatic heterocycles. The van der Waals surface area contributed by atoms with Crippen LogP contribution in [-0.4, -0.2) is 59.2 Å². The van der Waals surface area contributed by atoms with Gasteiger partial charge in [-0.1, -0.05) is 61.3 Å². The Balaban J connectivity index is 1.30. The standard InChI is InChI=1S/C27H34Cl2N2O3/c1-18(2)19-4-3-5-20(16-19)26(27(32)33)31-12-8-21(9-13-31)30-14-10-22(11-15-30)34-23-6-7-24(28)25(29)17-23/h3-7,16-18,21-22,26H,8-15H2,1-2H3,(H,32,33). The van der Waals surface area contributed by atoms with Gasteiger partial charge in [0.15, 0.2) is 0 Å². The van der Waals surface area contributed by atoms with Crippen LogP contribution in [-0.2, 0) is 4.79 Å². The number of hydrogen-bond donors (Lipinski definition) is 1. The summed E-state index contributed by atoms with van der Waals surface area (Å²) in [7, 11) is 0. The molecule has 0 saturated carbocycles. The van der Waals surface area contributed by atoms with E-state index in [0.29, 0.717) is 22.0 Å². The molecule has 5 nitrogen and oxygen atoms in total. The summed E-state index contributed by atoms with van der Waals surface area (Å²) in [5.74, 6) is 0.380. The highest BCUT2D eigenvalue weighted by Gasteiger charge is 2.34. The summed E-state index contributed by atoms with van der Waals surface area (Å²) in [6, 6.07) is 13.4. The van der Waals surface area contributed by atoms with Crippen LogP contribution in [0.1, 0.15) is 62.6 Å². The van der Waals surface area contributed by atoms with Gasteiger partial charge in [-0.25, -0.2) is 0 Å². The fraction of sp³-hybridized carbons (Fsp3) is 0.519. The van der Waals surface area contributed by atoms with Crippen molar-refractivity contribution in [1.29, 1.82) is 0 Å². The van der Waals surface area contributed by atoms with E-state index in [4.69, 9.17) is 27.9 Å². The van der Waals surface area contributed by atoms with E-state index in [1.807, 2.05) is 18.2 Å². The van der Waals surface area contributed by atoms with Crippen molar-refractivity contribution in [2.75, 3.05) is 26.2 Å². The van der Waals surface area contributed by atoms with Crippen molar-refractivity contribution in [1.82, 2.24) is 9.80 Å².